The van der Waals surface area contributed by atoms with E-state index in [0.717, 1.165) is 26.2 Å². The Morgan fingerprint density at radius 1 is 1.47 bits per heavy atom. The summed E-state index contributed by atoms with van der Waals surface area (Å²) in [6, 6.07) is 8.20. The lowest BCUT2D eigenvalue weighted by Gasteiger charge is -2.24. The second-order valence-electron chi connectivity index (χ2n) is 4.79. The van der Waals surface area contributed by atoms with Crippen molar-refractivity contribution in [2.24, 2.45) is 0 Å². The van der Waals surface area contributed by atoms with Crippen LogP contribution in [-0.2, 0) is 6.54 Å². The van der Waals surface area contributed by atoms with Crippen LogP contribution < -0.4 is 5.32 Å². The van der Waals surface area contributed by atoms with Crippen LogP contribution in [0.2, 0.25) is 0 Å². The van der Waals surface area contributed by atoms with E-state index in [1.807, 2.05) is 12.1 Å². The molecule has 1 fully saturated rings. The van der Waals surface area contributed by atoms with Gasteiger partial charge in [0.15, 0.2) is 0 Å². The largest absolute Gasteiger partial charge is 0.508 e. The smallest absolute Gasteiger partial charge is 0.115 e. The number of benzene rings is 1. The topological polar surface area (TPSA) is 35.5 Å². The summed E-state index contributed by atoms with van der Waals surface area (Å²) < 4.78 is 0. The molecule has 3 nitrogen and oxygen atoms in total. The van der Waals surface area contributed by atoms with Crippen LogP contribution >= 0.6 is 0 Å². The molecule has 0 amide bonds. The molecule has 1 aliphatic rings. The van der Waals surface area contributed by atoms with Crippen molar-refractivity contribution in [1.29, 1.82) is 0 Å². The van der Waals surface area contributed by atoms with Crippen molar-refractivity contribution in [3.63, 3.8) is 0 Å². The molecule has 0 saturated carbocycles. The fourth-order valence-corrected chi connectivity index (χ4v) is 2.44. The normalized spacial score (nSPS) is 20.0. The summed E-state index contributed by atoms with van der Waals surface area (Å²) in [5, 5.41) is 13.0. The van der Waals surface area contributed by atoms with Crippen LogP contribution in [0.15, 0.2) is 24.3 Å². The van der Waals surface area contributed by atoms with E-state index in [9.17, 15) is 5.11 Å². The van der Waals surface area contributed by atoms with Crippen LogP contribution in [0, 0.1) is 0 Å². The van der Waals surface area contributed by atoms with E-state index in [-0.39, 0.29) is 0 Å². The zero-order valence-corrected chi connectivity index (χ0v) is 10.5. The van der Waals surface area contributed by atoms with Crippen molar-refractivity contribution in [1.82, 2.24) is 10.2 Å². The van der Waals surface area contributed by atoms with E-state index < -0.39 is 0 Å². The molecule has 1 aromatic rings. The van der Waals surface area contributed by atoms with Gasteiger partial charge in [-0.15, -0.1) is 0 Å². The number of nitrogens with zero attached hydrogens (tertiary/aromatic N) is 1. The van der Waals surface area contributed by atoms with Crippen LogP contribution in [-0.4, -0.2) is 35.7 Å². The second-order valence-corrected chi connectivity index (χ2v) is 4.79. The number of phenolic OH excluding ortho intramolecular Hbond substituents is 1. The van der Waals surface area contributed by atoms with Gasteiger partial charge in [0, 0.05) is 19.1 Å². The predicted molar refractivity (Wildman–Crippen MR) is 70.1 cm³/mol. The Balaban J connectivity index is 1.90. The van der Waals surface area contributed by atoms with E-state index in [1.54, 1.807) is 6.07 Å². The molecule has 3 heteroatoms. The van der Waals surface area contributed by atoms with Gasteiger partial charge in [0.05, 0.1) is 0 Å². The molecule has 1 saturated heterocycles. The SMILES string of the molecule is CCN(Cc1cccc(O)c1)CC1CCCN1. The lowest BCUT2D eigenvalue weighted by atomic mass is 10.1. The Morgan fingerprint density at radius 2 is 2.35 bits per heavy atom. The van der Waals surface area contributed by atoms with Crippen LogP contribution in [0.5, 0.6) is 5.75 Å². The molecule has 0 aromatic heterocycles. The van der Waals surface area contributed by atoms with Gasteiger partial charge in [-0.1, -0.05) is 19.1 Å². The number of aromatic hydroxyl groups is 1. The third-order valence-electron chi connectivity index (χ3n) is 3.40. The first-order valence-electron chi connectivity index (χ1n) is 6.51. The number of phenols is 1. The van der Waals surface area contributed by atoms with Gasteiger partial charge in [0.1, 0.15) is 5.75 Å². The molecule has 1 heterocycles. The fraction of sp³-hybridized carbons (Fsp3) is 0.571. The Labute approximate surface area is 103 Å². The predicted octanol–water partition coefficient (Wildman–Crippen LogP) is 1.97. The molecule has 0 spiro atoms. The van der Waals surface area contributed by atoms with E-state index in [1.165, 1.54) is 18.4 Å². The van der Waals surface area contributed by atoms with Gasteiger partial charge in [0.25, 0.3) is 0 Å². The van der Waals surface area contributed by atoms with Gasteiger partial charge in [-0.25, -0.2) is 0 Å². The molecule has 2 rings (SSSR count). The van der Waals surface area contributed by atoms with E-state index in [4.69, 9.17) is 0 Å². The van der Waals surface area contributed by atoms with Gasteiger partial charge in [-0.3, -0.25) is 4.90 Å². The van der Waals surface area contributed by atoms with Gasteiger partial charge >= 0.3 is 0 Å². The second kappa shape index (κ2) is 6.03. The molecule has 17 heavy (non-hydrogen) atoms. The number of nitrogens with one attached hydrogen (secondary N) is 1. The summed E-state index contributed by atoms with van der Waals surface area (Å²) in [6.45, 7) is 6.43. The van der Waals surface area contributed by atoms with Crippen LogP contribution in [0.3, 0.4) is 0 Å². The van der Waals surface area contributed by atoms with Crippen molar-refractivity contribution in [3.05, 3.63) is 29.8 Å². The minimum atomic E-state index is 0.359. The molecule has 94 valence electrons. The summed E-state index contributed by atoms with van der Waals surface area (Å²) in [7, 11) is 0. The van der Waals surface area contributed by atoms with Crippen molar-refractivity contribution in [3.8, 4) is 5.75 Å². The first-order chi connectivity index (χ1) is 8.28. The molecule has 1 unspecified atom stereocenters. The molecular weight excluding hydrogens is 212 g/mol. The van der Waals surface area contributed by atoms with E-state index in [2.05, 4.69) is 23.2 Å². The van der Waals surface area contributed by atoms with E-state index in [0.29, 0.717) is 11.8 Å². The first kappa shape index (κ1) is 12.4. The lowest BCUT2D eigenvalue weighted by Crippen LogP contribution is -2.37. The molecule has 1 aliphatic heterocycles. The lowest BCUT2D eigenvalue weighted by molar-refractivity contribution is 0.253. The third kappa shape index (κ3) is 3.72. The Morgan fingerprint density at radius 3 is 3.00 bits per heavy atom. The van der Waals surface area contributed by atoms with Gasteiger partial charge in [0.2, 0.25) is 0 Å². The van der Waals surface area contributed by atoms with Crippen LogP contribution in [0.1, 0.15) is 25.3 Å². The maximum atomic E-state index is 9.45. The third-order valence-corrected chi connectivity index (χ3v) is 3.40. The molecule has 2 N–H and O–H groups in total. The zero-order chi connectivity index (χ0) is 12.1. The van der Waals surface area contributed by atoms with Gasteiger partial charge in [-0.2, -0.15) is 0 Å². The highest BCUT2D eigenvalue weighted by Crippen LogP contribution is 2.14. The minimum Gasteiger partial charge on any atom is -0.508 e. The zero-order valence-electron chi connectivity index (χ0n) is 10.5. The summed E-state index contributed by atoms with van der Waals surface area (Å²) >= 11 is 0. The summed E-state index contributed by atoms with van der Waals surface area (Å²) in [5.41, 5.74) is 1.19. The highest BCUT2D eigenvalue weighted by molar-refractivity contribution is 5.26. The number of hydrogen-bond donors (Lipinski definition) is 2. The Hall–Kier alpha value is -1.06. The highest BCUT2D eigenvalue weighted by Gasteiger charge is 2.17. The van der Waals surface area contributed by atoms with Crippen molar-refractivity contribution >= 4 is 0 Å². The first-order valence-corrected chi connectivity index (χ1v) is 6.51. The van der Waals surface area contributed by atoms with E-state index >= 15 is 0 Å². The average Bonchev–Trinajstić information content (AvgIpc) is 2.81. The molecule has 1 aromatic carbocycles. The number of likely N-dealkylation sites (N-methyl/N-ethyl adjacent to an activating group) is 1. The summed E-state index contributed by atoms with van der Waals surface area (Å²) in [5.74, 6) is 0.359. The summed E-state index contributed by atoms with van der Waals surface area (Å²) in [4.78, 5) is 2.43. The summed E-state index contributed by atoms with van der Waals surface area (Å²) in [6.07, 6.45) is 2.59. The molecule has 0 aliphatic carbocycles. The minimum absolute atomic E-state index is 0.359. The monoisotopic (exact) mass is 234 g/mol. The standard InChI is InChI=1S/C14H22N2O/c1-2-16(11-13-6-4-8-15-13)10-12-5-3-7-14(17)9-12/h3,5,7,9,13,15,17H,2,4,6,8,10-11H2,1H3. The van der Waals surface area contributed by atoms with Gasteiger partial charge < -0.3 is 10.4 Å². The highest BCUT2D eigenvalue weighted by atomic mass is 16.3. The maximum Gasteiger partial charge on any atom is 0.115 e. The quantitative estimate of drug-likeness (QED) is 0.817. The number of hydrogen-bond acceptors (Lipinski definition) is 3. The molecule has 0 bridgehead atoms. The Kier molecular flexibility index (Phi) is 4.40. The number of rotatable bonds is 5. The average molecular weight is 234 g/mol. The molecule has 1 atom stereocenters. The van der Waals surface area contributed by atoms with Crippen molar-refractivity contribution < 1.29 is 5.11 Å². The van der Waals surface area contributed by atoms with Crippen LogP contribution in [0.4, 0.5) is 0 Å². The van der Waals surface area contributed by atoms with Crippen LogP contribution in [0.25, 0.3) is 0 Å². The van der Waals surface area contributed by atoms with Crippen molar-refractivity contribution in [2.45, 2.75) is 32.4 Å². The van der Waals surface area contributed by atoms with Gasteiger partial charge in [-0.05, 0) is 43.6 Å². The fourth-order valence-electron chi connectivity index (χ4n) is 2.44. The molecular formula is C14H22N2O. The van der Waals surface area contributed by atoms with Crippen molar-refractivity contribution in [2.75, 3.05) is 19.6 Å². The molecule has 0 radical (unpaired) electrons. The maximum absolute atomic E-state index is 9.45. The Bertz CT molecular complexity index is 348.